The van der Waals surface area contributed by atoms with Gasteiger partial charge in [-0.3, -0.25) is 9.78 Å². The lowest BCUT2D eigenvalue weighted by Crippen LogP contribution is -2.16. The number of hydrogen-bond donors (Lipinski definition) is 2. The molecule has 0 aliphatic carbocycles. The van der Waals surface area contributed by atoms with Crippen molar-refractivity contribution < 1.29 is 9.53 Å². The molecule has 188 valence electrons. The first kappa shape index (κ1) is 23.7. The number of benzene rings is 4. The number of rotatable bonds is 7. The number of nitrogens with two attached hydrogens (primary N) is 2. The van der Waals surface area contributed by atoms with Crippen LogP contribution in [0.1, 0.15) is 22.3 Å². The van der Waals surface area contributed by atoms with Crippen LogP contribution in [0.25, 0.3) is 49.5 Å². The molecular formula is C32H28N4O2. The van der Waals surface area contributed by atoms with Crippen LogP contribution in [0.4, 0.5) is 5.69 Å². The molecule has 0 unspecified atom stereocenters. The van der Waals surface area contributed by atoms with Gasteiger partial charge in [-0.15, -0.1) is 0 Å². The van der Waals surface area contributed by atoms with E-state index in [1.54, 1.807) is 13.2 Å². The second-order valence-corrected chi connectivity index (χ2v) is 9.45. The number of fused-ring (bicyclic) bond motifs is 4. The molecule has 0 spiro atoms. The highest BCUT2D eigenvalue weighted by Gasteiger charge is 2.20. The highest BCUT2D eigenvalue weighted by Crippen LogP contribution is 2.40. The molecule has 4 aromatic carbocycles. The Hall–Kier alpha value is -4.68. The maximum absolute atomic E-state index is 12.2. The predicted octanol–water partition coefficient (Wildman–Crippen LogP) is 6.26. The first-order valence-electron chi connectivity index (χ1n) is 12.7. The summed E-state index contributed by atoms with van der Waals surface area (Å²) in [5.74, 6) is -0.482. The average molecular weight is 501 g/mol. The van der Waals surface area contributed by atoms with E-state index in [0.717, 1.165) is 61.5 Å². The molecule has 2 heterocycles. The van der Waals surface area contributed by atoms with Crippen LogP contribution in [0, 0.1) is 0 Å². The maximum atomic E-state index is 12.2. The molecule has 0 atom stereocenters. The van der Waals surface area contributed by atoms with E-state index >= 15 is 0 Å². The van der Waals surface area contributed by atoms with Crippen molar-refractivity contribution in [2.75, 3.05) is 19.5 Å². The molecule has 6 rings (SSSR count). The Labute approximate surface area is 220 Å². The lowest BCUT2D eigenvalue weighted by molar-refractivity contribution is 0.0999. The fourth-order valence-electron chi connectivity index (χ4n) is 5.48. The Balaban J connectivity index is 1.63. The SMILES string of the molecule is COCCCc1c(C(N)=O)ccc(-n2c3ccccc3c3c(-c4cnc5ccccc5c4)cccc32)c1N. The number of methoxy groups -OCH3 is 1. The van der Waals surface area contributed by atoms with E-state index in [1.165, 1.54) is 0 Å². The molecule has 0 saturated heterocycles. The molecular weight excluding hydrogens is 472 g/mol. The first-order valence-corrected chi connectivity index (χ1v) is 12.7. The fraction of sp³-hybridized carbons (Fsp3) is 0.125. The number of aromatic nitrogens is 2. The van der Waals surface area contributed by atoms with Crippen molar-refractivity contribution in [2.24, 2.45) is 5.73 Å². The number of primary amides is 1. The Bertz CT molecular complexity index is 1840. The molecule has 38 heavy (non-hydrogen) atoms. The van der Waals surface area contributed by atoms with Gasteiger partial charge in [-0.1, -0.05) is 48.5 Å². The zero-order valence-corrected chi connectivity index (χ0v) is 21.1. The van der Waals surface area contributed by atoms with Crippen LogP contribution in [0.15, 0.2) is 91.1 Å². The molecule has 0 fully saturated rings. The third-order valence-electron chi connectivity index (χ3n) is 7.21. The Morgan fingerprint density at radius 1 is 0.947 bits per heavy atom. The second-order valence-electron chi connectivity index (χ2n) is 9.45. The minimum atomic E-state index is -0.482. The molecule has 0 bridgehead atoms. The number of hydrogen-bond acceptors (Lipinski definition) is 4. The number of carbonyl (C=O) groups excluding carboxylic acids is 1. The topological polar surface area (TPSA) is 96.2 Å². The normalized spacial score (nSPS) is 11.5. The number of nitrogens with zero attached hydrogens (tertiary/aromatic N) is 2. The lowest BCUT2D eigenvalue weighted by Gasteiger charge is -2.17. The van der Waals surface area contributed by atoms with Crippen molar-refractivity contribution in [3.63, 3.8) is 0 Å². The molecule has 4 N–H and O–H groups in total. The van der Waals surface area contributed by atoms with Gasteiger partial charge in [0.05, 0.1) is 27.9 Å². The number of anilines is 1. The van der Waals surface area contributed by atoms with Gasteiger partial charge in [0, 0.05) is 47.2 Å². The largest absolute Gasteiger partial charge is 0.397 e. The lowest BCUT2D eigenvalue weighted by atomic mass is 9.98. The van der Waals surface area contributed by atoms with Gasteiger partial charge in [-0.2, -0.15) is 0 Å². The standard InChI is InChI=1S/C32H28N4O2/c1-38-17-7-11-23-24(32(34)37)15-16-29(31(23)33)36-27-13-5-3-9-25(27)30-22(10-6-14-28(30)36)21-18-20-8-2-4-12-26(20)35-19-21/h2-6,8-10,12-16,18-19H,7,11,17,33H2,1H3,(H2,34,37). The van der Waals surface area contributed by atoms with Crippen molar-refractivity contribution in [1.29, 1.82) is 0 Å². The fourth-order valence-corrected chi connectivity index (χ4v) is 5.48. The van der Waals surface area contributed by atoms with Crippen LogP contribution in [0.2, 0.25) is 0 Å². The number of ether oxygens (including phenoxy) is 1. The van der Waals surface area contributed by atoms with Crippen LogP contribution < -0.4 is 11.5 Å². The summed E-state index contributed by atoms with van der Waals surface area (Å²) in [5, 5.41) is 3.34. The molecule has 2 aromatic heterocycles. The third-order valence-corrected chi connectivity index (χ3v) is 7.21. The van der Waals surface area contributed by atoms with Crippen molar-refractivity contribution in [3.05, 3.63) is 102 Å². The molecule has 1 amide bonds. The number of amides is 1. The van der Waals surface area contributed by atoms with Gasteiger partial charge < -0.3 is 20.8 Å². The van der Waals surface area contributed by atoms with Gasteiger partial charge in [0.2, 0.25) is 5.91 Å². The summed E-state index contributed by atoms with van der Waals surface area (Å²) in [5.41, 5.74) is 20.3. The smallest absolute Gasteiger partial charge is 0.249 e. The molecule has 0 aliphatic rings. The Kier molecular flexibility index (Phi) is 6.02. The van der Waals surface area contributed by atoms with E-state index < -0.39 is 5.91 Å². The van der Waals surface area contributed by atoms with Crippen LogP contribution >= 0.6 is 0 Å². The first-order chi connectivity index (χ1) is 18.6. The summed E-state index contributed by atoms with van der Waals surface area (Å²) < 4.78 is 7.42. The zero-order chi connectivity index (χ0) is 26.2. The summed E-state index contributed by atoms with van der Waals surface area (Å²) in [7, 11) is 1.66. The second kappa shape index (κ2) is 9.65. The van der Waals surface area contributed by atoms with E-state index in [9.17, 15) is 4.79 Å². The number of para-hydroxylation sites is 2. The van der Waals surface area contributed by atoms with Crippen LogP contribution in [0.5, 0.6) is 0 Å². The molecule has 0 radical (unpaired) electrons. The third kappa shape index (κ3) is 3.86. The monoisotopic (exact) mass is 500 g/mol. The molecule has 6 nitrogen and oxygen atoms in total. The molecule has 0 aliphatic heterocycles. The minimum absolute atomic E-state index is 0.450. The Morgan fingerprint density at radius 3 is 2.58 bits per heavy atom. The number of carbonyl (C=O) groups is 1. The summed E-state index contributed by atoms with van der Waals surface area (Å²) in [6, 6.07) is 28.6. The van der Waals surface area contributed by atoms with E-state index in [2.05, 4.69) is 53.1 Å². The molecule has 0 saturated carbocycles. The zero-order valence-electron chi connectivity index (χ0n) is 21.1. The van der Waals surface area contributed by atoms with Gasteiger partial charge in [0.25, 0.3) is 0 Å². The number of pyridine rings is 1. The van der Waals surface area contributed by atoms with Crippen LogP contribution in [0.3, 0.4) is 0 Å². The molecule has 6 aromatic rings. The number of nitrogen functional groups attached to an aromatic ring is 1. The van der Waals surface area contributed by atoms with Gasteiger partial charge in [-0.05, 0) is 60.4 Å². The quantitative estimate of drug-likeness (QED) is 0.200. The van der Waals surface area contributed by atoms with Crippen LogP contribution in [-0.4, -0.2) is 29.2 Å². The van der Waals surface area contributed by atoms with Gasteiger partial charge in [-0.25, -0.2) is 0 Å². The van der Waals surface area contributed by atoms with E-state index in [1.807, 2.05) is 36.5 Å². The summed E-state index contributed by atoms with van der Waals surface area (Å²) in [6.07, 6.45) is 3.26. The molecule has 6 heteroatoms. The van der Waals surface area contributed by atoms with Crippen molar-refractivity contribution in [2.45, 2.75) is 12.8 Å². The van der Waals surface area contributed by atoms with Crippen molar-refractivity contribution in [1.82, 2.24) is 9.55 Å². The minimum Gasteiger partial charge on any atom is -0.397 e. The van der Waals surface area contributed by atoms with Crippen molar-refractivity contribution >= 4 is 44.3 Å². The van der Waals surface area contributed by atoms with E-state index in [-0.39, 0.29) is 0 Å². The summed E-state index contributed by atoms with van der Waals surface area (Å²) in [6.45, 7) is 0.570. The Morgan fingerprint density at radius 2 is 1.74 bits per heavy atom. The highest BCUT2D eigenvalue weighted by molar-refractivity contribution is 6.16. The maximum Gasteiger partial charge on any atom is 0.249 e. The summed E-state index contributed by atoms with van der Waals surface area (Å²) in [4.78, 5) is 17.0. The van der Waals surface area contributed by atoms with Gasteiger partial charge >= 0.3 is 0 Å². The van der Waals surface area contributed by atoms with Gasteiger partial charge in [0.1, 0.15) is 0 Å². The van der Waals surface area contributed by atoms with E-state index in [0.29, 0.717) is 24.3 Å². The van der Waals surface area contributed by atoms with E-state index in [4.69, 9.17) is 21.2 Å². The van der Waals surface area contributed by atoms with Crippen LogP contribution in [-0.2, 0) is 11.2 Å². The average Bonchev–Trinajstić information content (AvgIpc) is 3.28. The van der Waals surface area contributed by atoms with Crippen molar-refractivity contribution in [3.8, 4) is 16.8 Å². The van der Waals surface area contributed by atoms with Gasteiger partial charge in [0.15, 0.2) is 0 Å². The summed E-state index contributed by atoms with van der Waals surface area (Å²) >= 11 is 0. The highest BCUT2D eigenvalue weighted by atomic mass is 16.5. The predicted molar refractivity (Wildman–Crippen MR) is 155 cm³/mol.